The Morgan fingerprint density at radius 3 is 2.07 bits per heavy atom. The van der Waals surface area contributed by atoms with Gasteiger partial charge < -0.3 is 5.11 Å². The van der Waals surface area contributed by atoms with E-state index in [2.05, 4.69) is 0 Å². The lowest BCUT2D eigenvalue weighted by atomic mass is 9.87. The fourth-order valence-electron chi connectivity index (χ4n) is 1.23. The first kappa shape index (κ1) is 13.2. The molecule has 0 spiro atoms. The highest BCUT2D eigenvalue weighted by atomic mass is 16.3. The maximum Gasteiger partial charge on any atom is 0.164 e. The maximum absolute atomic E-state index is 11.7. The molecule has 0 aromatic rings. The molecular weight excluding hydrogens is 176 g/mol. The molecule has 0 bridgehead atoms. The van der Waals surface area contributed by atoms with Crippen LogP contribution in [0.2, 0.25) is 0 Å². The first-order chi connectivity index (χ1) is 6.21. The largest absolute Gasteiger partial charge is 0.511 e. The lowest BCUT2D eigenvalue weighted by Gasteiger charge is -2.20. The van der Waals surface area contributed by atoms with Crippen LogP contribution in [0.5, 0.6) is 0 Å². The molecule has 0 aliphatic heterocycles. The van der Waals surface area contributed by atoms with Crippen LogP contribution in [-0.2, 0) is 4.79 Å². The first-order valence-electron chi connectivity index (χ1n) is 5.16. The zero-order valence-electron chi connectivity index (χ0n) is 10.1. The van der Waals surface area contributed by atoms with Crippen molar-refractivity contribution in [2.45, 2.75) is 48.0 Å². The summed E-state index contributed by atoms with van der Waals surface area (Å²) in [5, 5.41) is 9.83. The van der Waals surface area contributed by atoms with E-state index in [1.165, 1.54) is 0 Å². The molecular formula is C12H22O2. The third-order valence-electron chi connectivity index (χ3n) is 2.50. The molecule has 0 aliphatic rings. The second kappa shape index (κ2) is 4.63. The number of hydrogen-bond acceptors (Lipinski definition) is 2. The van der Waals surface area contributed by atoms with Gasteiger partial charge in [0.1, 0.15) is 5.76 Å². The molecule has 1 N–H and O–H groups in total. The Morgan fingerprint density at radius 2 is 1.79 bits per heavy atom. The summed E-state index contributed by atoms with van der Waals surface area (Å²) >= 11 is 0. The maximum atomic E-state index is 11.7. The Morgan fingerprint density at radius 1 is 1.36 bits per heavy atom. The van der Waals surface area contributed by atoms with Crippen LogP contribution in [0.3, 0.4) is 0 Å². The molecule has 2 nitrogen and oxygen atoms in total. The van der Waals surface area contributed by atoms with E-state index >= 15 is 0 Å². The van der Waals surface area contributed by atoms with E-state index in [1.54, 1.807) is 6.92 Å². The molecule has 0 aliphatic carbocycles. The van der Waals surface area contributed by atoms with Crippen molar-refractivity contribution in [1.82, 2.24) is 0 Å². The minimum Gasteiger partial charge on any atom is -0.511 e. The first-order valence-corrected chi connectivity index (χ1v) is 5.16. The summed E-state index contributed by atoms with van der Waals surface area (Å²) in [6.07, 6.45) is 0.813. The fraction of sp³-hybridized carbons (Fsp3) is 0.750. The van der Waals surface area contributed by atoms with Crippen molar-refractivity contribution >= 4 is 5.78 Å². The van der Waals surface area contributed by atoms with Crippen molar-refractivity contribution in [2.24, 2.45) is 11.3 Å². The predicted molar refractivity (Wildman–Crippen MR) is 59.2 cm³/mol. The quantitative estimate of drug-likeness (QED) is 0.557. The molecule has 1 unspecified atom stereocenters. The van der Waals surface area contributed by atoms with Crippen LogP contribution in [-0.4, -0.2) is 10.9 Å². The van der Waals surface area contributed by atoms with Gasteiger partial charge in [0.2, 0.25) is 0 Å². The van der Waals surface area contributed by atoms with Crippen molar-refractivity contribution < 1.29 is 9.90 Å². The Labute approximate surface area is 87.0 Å². The van der Waals surface area contributed by atoms with Gasteiger partial charge in [0, 0.05) is 16.9 Å². The van der Waals surface area contributed by atoms with Crippen molar-refractivity contribution in [3.63, 3.8) is 0 Å². The molecule has 0 radical (unpaired) electrons. The number of hydrogen-bond donors (Lipinski definition) is 1. The van der Waals surface area contributed by atoms with Gasteiger partial charge in [-0.25, -0.2) is 0 Å². The number of ketones is 1. The highest BCUT2D eigenvalue weighted by Gasteiger charge is 2.23. The van der Waals surface area contributed by atoms with Crippen LogP contribution in [0.25, 0.3) is 0 Å². The monoisotopic (exact) mass is 198 g/mol. The molecule has 82 valence electrons. The van der Waals surface area contributed by atoms with Crippen molar-refractivity contribution in [2.75, 3.05) is 0 Å². The second-order valence-corrected chi connectivity index (χ2v) is 4.90. The van der Waals surface area contributed by atoms with Crippen molar-refractivity contribution in [3.8, 4) is 0 Å². The summed E-state index contributed by atoms with van der Waals surface area (Å²) in [5.74, 6) is 0.266. The summed E-state index contributed by atoms with van der Waals surface area (Å²) in [6.45, 7) is 11.3. The molecule has 2 heteroatoms. The van der Waals surface area contributed by atoms with Crippen LogP contribution in [0.4, 0.5) is 0 Å². The number of rotatable bonds is 3. The normalized spacial score (nSPS) is 16.1. The standard InChI is InChI=1S/C12H22O2/c1-7-8(2)10(13)9(3)11(14)12(4,5)6/h8,14H,7H2,1-6H3/b11-9-. The van der Waals surface area contributed by atoms with Crippen LogP contribution in [0, 0.1) is 11.3 Å². The smallest absolute Gasteiger partial charge is 0.164 e. The van der Waals surface area contributed by atoms with E-state index in [0.717, 1.165) is 6.42 Å². The summed E-state index contributed by atoms with van der Waals surface area (Å²) in [4.78, 5) is 11.7. The summed E-state index contributed by atoms with van der Waals surface area (Å²) < 4.78 is 0. The minimum atomic E-state index is -0.340. The molecule has 14 heavy (non-hydrogen) atoms. The summed E-state index contributed by atoms with van der Waals surface area (Å²) in [7, 11) is 0. The van der Waals surface area contributed by atoms with E-state index in [0.29, 0.717) is 5.57 Å². The van der Waals surface area contributed by atoms with Crippen LogP contribution >= 0.6 is 0 Å². The molecule has 0 aromatic carbocycles. The SMILES string of the molecule is CCC(C)C(=O)/C(C)=C(\O)C(C)(C)C. The summed E-state index contributed by atoms with van der Waals surface area (Å²) in [5.41, 5.74) is 0.166. The number of allylic oxidation sites excluding steroid dienone is 2. The van der Waals surface area contributed by atoms with Gasteiger partial charge in [0.05, 0.1) is 0 Å². The number of aliphatic hydroxyl groups excluding tert-OH is 1. The molecule has 0 rings (SSSR count). The van der Waals surface area contributed by atoms with Crippen molar-refractivity contribution in [3.05, 3.63) is 11.3 Å². The van der Waals surface area contributed by atoms with E-state index in [-0.39, 0.29) is 22.9 Å². The Bertz CT molecular complexity index is 244. The number of carbonyl (C=O) groups excluding carboxylic acids is 1. The Kier molecular flexibility index (Phi) is 4.37. The number of Topliss-reactive ketones (excluding diaryl/α,β-unsaturated/α-hetero) is 1. The predicted octanol–water partition coefficient (Wildman–Crippen LogP) is 3.48. The van der Waals surface area contributed by atoms with Gasteiger partial charge in [0.25, 0.3) is 0 Å². The Hall–Kier alpha value is -0.790. The Balaban J connectivity index is 4.93. The van der Waals surface area contributed by atoms with Gasteiger partial charge in [-0.15, -0.1) is 0 Å². The average Bonchev–Trinajstić information content (AvgIpc) is 2.11. The third-order valence-corrected chi connectivity index (χ3v) is 2.50. The summed E-state index contributed by atoms with van der Waals surface area (Å²) in [6, 6.07) is 0. The number of carbonyl (C=O) groups is 1. The van der Waals surface area contributed by atoms with Gasteiger partial charge in [0.15, 0.2) is 5.78 Å². The highest BCUT2D eigenvalue weighted by Crippen LogP contribution is 2.27. The van der Waals surface area contributed by atoms with E-state index in [4.69, 9.17) is 0 Å². The van der Waals surface area contributed by atoms with Crippen LogP contribution < -0.4 is 0 Å². The third kappa shape index (κ3) is 3.17. The molecule has 0 heterocycles. The molecule has 1 atom stereocenters. The van der Waals surface area contributed by atoms with Gasteiger partial charge in [-0.3, -0.25) is 4.79 Å². The average molecular weight is 198 g/mol. The lowest BCUT2D eigenvalue weighted by molar-refractivity contribution is -0.119. The van der Waals surface area contributed by atoms with Crippen molar-refractivity contribution in [1.29, 1.82) is 0 Å². The zero-order valence-corrected chi connectivity index (χ0v) is 10.1. The molecule has 0 amide bonds. The highest BCUT2D eigenvalue weighted by molar-refractivity contribution is 5.96. The van der Waals surface area contributed by atoms with Gasteiger partial charge >= 0.3 is 0 Å². The van der Waals surface area contributed by atoms with Gasteiger partial charge in [-0.2, -0.15) is 0 Å². The minimum absolute atomic E-state index is 0.000463. The molecule has 0 aromatic heterocycles. The van der Waals surface area contributed by atoms with Crippen LogP contribution in [0.1, 0.15) is 48.0 Å². The lowest BCUT2D eigenvalue weighted by Crippen LogP contribution is -2.18. The van der Waals surface area contributed by atoms with Crippen LogP contribution in [0.15, 0.2) is 11.3 Å². The van der Waals surface area contributed by atoms with E-state index in [1.807, 2.05) is 34.6 Å². The topological polar surface area (TPSA) is 37.3 Å². The van der Waals surface area contributed by atoms with E-state index in [9.17, 15) is 9.90 Å². The van der Waals surface area contributed by atoms with Gasteiger partial charge in [-0.05, 0) is 13.3 Å². The molecule has 0 saturated heterocycles. The molecule has 0 fully saturated rings. The fourth-order valence-corrected chi connectivity index (χ4v) is 1.23. The number of aliphatic hydroxyl groups is 1. The second-order valence-electron chi connectivity index (χ2n) is 4.90. The van der Waals surface area contributed by atoms with E-state index < -0.39 is 0 Å². The molecule has 0 saturated carbocycles. The zero-order chi connectivity index (χ0) is 11.5. The van der Waals surface area contributed by atoms with Gasteiger partial charge in [-0.1, -0.05) is 34.6 Å².